The number of pyridine rings is 1. The molecule has 2 amide bonds. The van der Waals surface area contributed by atoms with Gasteiger partial charge < -0.3 is 4.84 Å². The number of carbonyl (C=O) groups excluding carboxylic acids is 3. The summed E-state index contributed by atoms with van der Waals surface area (Å²) in [6, 6.07) is 8.23. The summed E-state index contributed by atoms with van der Waals surface area (Å²) in [7, 11) is 0. The SMILES string of the molecule is Cc1ccnc2sc(C(=O)ON3C(=O)c4ccccc4C3=O)c(C)c12. The number of hydrogen-bond donors (Lipinski definition) is 0. The number of hydroxylamine groups is 2. The van der Waals surface area contributed by atoms with Crippen molar-refractivity contribution in [3.8, 4) is 0 Å². The monoisotopic (exact) mass is 352 g/mol. The molecule has 7 heteroatoms. The normalized spacial score (nSPS) is 13.4. The molecule has 6 nitrogen and oxygen atoms in total. The highest BCUT2D eigenvalue weighted by molar-refractivity contribution is 7.20. The molecule has 0 unspecified atom stereocenters. The second-order valence-corrected chi connectivity index (χ2v) is 6.69. The minimum atomic E-state index is -0.741. The van der Waals surface area contributed by atoms with Crippen LogP contribution < -0.4 is 0 Å². The van der Waals surface area contributed by atoms with Crippen molar-refractivity contribution < 1.29 is 19.2 Å². The van der Waals surface area contributed by atoms with Crippen molar-refractivity contribution in [2.24, 2.45) is 0 Å². The number of nitrogens with zero attached hydrogens (tertiary/aromatic N) is 2. The molecule has 0 bridgehead atoms. The van der Waals surface area contributed by atoms with Gasteiger partial charge in [-0.25, -0.2) is 9.78 Å². The molecular weight excluding hydrogens is 340 g/mol. The molecule has 1 aliphatic rings. The lowest BCUT2D eigenvalue weighted by atomic mass is 10.1. The fraction of sp³-hybridized carbons (Fsp3) is 0.111. The number of carbonyl (C=O) groups is 3. The Balaban J connectivity index is 1.68. The highest BCUT2D eigenvalue weighted by Gasteiger charge is 2.39. The molecular formula is C18H12N2O4S. The zero-order chi connectivity index (χ0) is 17.7. The van der Waals surface area contributed by atoms with E-state index in [0.29, 0.717) is 14.8 Å². The van der Waals surface area contributed by atoms with Crippen LogP contribution in [0.1, 0.15) is 41.5 Å². The van der Waals surface area contributed by atoms with Gasteiger partial charge in [0.25, 0.3) is 11.8 Å². The molecule has 0 radical (unpaired) electrons. The predicted molar refractivity (Wildman–Crippen MR) is 91.5 cm³/mol. The van der Waals surface area contributed by atoms with E-state index in [1.807, 2.05) is 13.0 Å². The molecule has 1 aromatic carbocycles. The largest absolute Gasteiger partial charge is 0.374 e. The van der Waals surface area contributed by atoms with Gasteiger partial charge in [-0.15, -0.1) is 11.3 Å². The number of amides is 2. The number of benzene rings is 1. The molecule has 0 saturated carbocycles. The van der Waals surface area contributed by atoms with E-state index in [4.69, 9.17) is 4.84 Å². The topological polar surface area (TPSA) is 76.6 Å². The van der Waals surface area contributed by atoms with Gasteiger partial charge in [0.2, 0.25) is 0 Å². The minimum absolute atomic E-state index is 0.228. The molecule has 2 aromatic heterocycles. The fourth-order valence-electron chi connectivity index (χ4n) is 2.92. The van der Waals surface area contributed by atoms with Crippen molar-refractivity contribution in [2.75, 3.05) is 0 Å². The van der Waals surface area contributed by atoms with E-state index >= 15 is 0 Å². The van der Waals surface area contributed by atoms with Crippen LogP contribution in [-0.2, 0) is 4.84 Å². The summed E-state index contributed by atoms with van der Waals surface area (Å²) in [5.74, 6) is -2.02. The summed E-state index contributed by atoms with van der Waals surface area (Å²) in [4.78, 5) is 47.6. The van der Waals surface area contributed by atoms with E-state index in [-0.39, 0.29) is 11.1 Å². The third-order valence-corrected chi connectivity index (χ3v) is 5.34. The first-order valence-corrected chi connectivity index (χ1v) is 8.35. The molecule has 124 valence electrons. The fourth-order valence-corrected chi connectivity index (χ4v) is 4.02. The number of thiophene rings is 1. The van der Waals surface area contributed by atoms with E-state index in [1.54, 1.807) is 25.3 Å². The summed E-state index contributed by atoms with van der Waals surface area (Å²) in [6.07, 6.45) is 1.67. The molecule has 0 aliphatic carbocycles. The van der Waals surface area contributed by atoms with Gasteiger partial charge in [0.1, 0.15) is 9.71 Å². The first-order valence-electron chi connectivity index (χ1n) is 7.54. The lowest BCUT2D eigenvalue weighted by Gasteiger charge is -2.12. The Labute approximate surface area is 146 Å². The van der Waals surface area contributed by atoms with Gasteiger partial charge in [-0.2, -0.15) is 0 Å². The third kappa shape index (κ3) is 2.24. The van der Waals surface area contributed by atoms with Crippen LogP contribution in [0.25, 0.3) is 10.2 Å². The Morgan fingerprint density at radius 2 is 1.72 bits per heavy atom. The number of imide groups is 1. The van der Waals surface area contributed by atoms with Crippen LogP contribution in [0.2, 0.25) is 0 Å². The maximum Gasteiger partial charge on any atom is 0.374 e. The second kappa shape index (κ2) is 5.49. The van der Waals surface area contributed by atoms with Crippen LogP contribution in [0.5, 0.6) is 0 Å². The number of aryl methyl sites for hydroxylation is 2. The maximum absolute atomic E-state index is 12.6. The highest BCUT2D eigenvalue weighted by Crippen LogP contribution is 2.32. The number of rotatable bonds is 2. The van der Waals surface area contributed by atoms with Crippen molar-refractivity contribution in [2.45, 2.75) is 13.8 Å². The van der Waals surface area contributed by atoms with Crippen molar-refractivity contribution in [1.82, 2.24) is 10.0 Å². The Hall–Kier alpha value is -3.06. The molecule has 0 N–H and O–H groups in total. The highest BCUT2D eigenvalue weighted by atomic mass is 32.1. The van der Waals surface area contributed by atoms with Gasteiger partial charge >= 0.3 is 5.97 Å². The van der Waals surface area contributed by atoms with Crippen molar-refractivity contribution in [3.63, 3.8) is 0 Å². The Kier molecular flexibility index (Phi) is 3.40. The van der Waals surface area contributed by atoms with E-state index in [1.165, 1.54) is 23.5 Å². The van der Waals surface area contributed by atoms with E-state index in [0.717, 1.165) is 16.5 Å². The summed E-state index contributed by atoms with van der Waals surface area (Å²) in [5.41, 5.74) is 2.18. The van der Waals surface area contributed by atoms with Crippen molar-refractivity contribution >= 4 is 39.3 Å². The Morgan fingerprint density at radius 3 is 2.32 bits per heavy atom. The summed E-state index contributed by atoms with van der Waals surface area (Å²) < 4.78 is 0. The van der Waals surface area contributed by atoms with Crippen molar-refractivity contribution in [1.29, 1.82) is 0 Å². The molecule has 3 aromatic rings. The Morgan fingerprint density at radius 1 is 1.08 bits per heavy atom. The lowest BCUT2D eigenvalue weighted by Crippen LogP contribution is -2.32. The summed E-state index contributed by atoms with van der Waals surface area (Å²) in [5, 5.41) is 1.42. The van der Waals surface area contributed by atoms with E-state index < -0.39 is 17.8 Å². The van der Waals surface area contributed by atoms with Crippen molar-refractivity contribution in [3.05, 3.63) is 63.7 Å². The molecule has 25 heavy (non-hydrogen) atoms. The van der Waals surface area contributed by atoms with E-state index in [9.17, 15) is 14.4 Å². The maximum atomic E-state index is 12.6. The second-order valence-electron chi connectivity index (χ2n) is 5.69. The quantitative estimate of drug-likeness (QED) is 0.662. The van der Waals surface area contributed by atoms with Gasteiger partial charge in [-0.05, 0) is 43.2 Å². The molecule has 4 rings (SSSR count). The first kappa shape index (κ1) is 15.5. The van der Waals surface area contributed by atoms with Gasteiger partial charge in [0.05, 0.1) is 11.1 Å². The van der Waals surface area contributed by atoms with Crippen LogP contribution in [0, 0.1) is 13.8 Å². The average molecular weight is 352 g/mol. The average Bonchev–Trinajstić information content (AvgIpc) is 3.07. The molecule has 0 saturated heterocycles. The molecule has 3 heterocycles. The Bertz CT molecular complexity index is 1040. The molecule has 1 aliphatic heterocycles. The van der Waals surface area contributed by atoms with E-state index in [2.05, 4.69) is 4.98 Å². The molecule has 0 atom stereocenters. The number of hydrogen-bond acceptors (Lipinski definition) is 6. The van der Waals surface area contributed by atoms with Gasteiger partial charge in [0.15, 0.2) is 0 Å². The summed E-state index contributed by atoms with van der Waals surface area (Å²) in [6.45, 7) is 3.73. The molecule has 0 fully saturated rings. The van der Waals surface area contributed by atoms with Gasteiger partial charge in [0, 0.05) is 11.6 Å². The smallest absolute Gasteiger partial charge is 0.323 e. The lowest BCUT2D eigenvalue weighted by molar-refractivity contribution is -0.0581. The van der Waals surface area contributed by atoms with Crippen LogP contribution in [-0.4, -0.2) is 27.8 Å². The van der Waals surface area contributed by atoms with Gasteiger partial charge in [-0.1, -0.05) is 17.2 Å². The zero-order valence-corrected chi connectivity index (χ0v) is 14.2. The number of fused-ring (bicyclic) bond motifs is 2. The van der Waals surface area contributed by atoms with Crippen LogP contribution >= 0.6 is 11.3 Å². The zero-order valence-electron chi connectivity index (χ0n) is 13.4. The minimum Gasteiger partial charge on any atom is -0.323 e. The van der Waals surface area contributed by atoms with Gasteiger partial charge in [-0.3, -0.25) is 9.59 Å². The summed E-state index contributed by atoms with van der Waals surface area (Å²) >= 11 is 1.18. The van der Waals surface area contributed by atoms with Crippen LogP contribution in [0.3, 0.4) is 0 Å². The third-order valence-electron chi connectivity index (χ3n) is 4.16. The number of aromatic nitrogens is 1. The van der Waals surface area contributed by atoms with Crippen LogP contribution in [0.4, 0.5) is 0 Å². The standard InChI is InChI=1S/C18H12N2O4S/c1-9-7-8-19-15-13(9)10(2)14(25-15)18(23)24-20-16(21)11-5-3-4-6-12(11)17(20)22/h3-8H,1-2H3. The van der Waals surface area contributed by atoms with Crippen LogP contribution in [0.15, 0.2) is 36.5 Å². The molecule has 0 spiro atoms. The first-order chi connectivity index (χ1) is 12.0. The predicted octanol–water partition coefficient (Wildman–Crippen LogP) is 3.28.